The average Bonchev–Trinajstić information content (AvgIpc) is 1.82. The van der Waals surface area contributed by atoms with Crippen LogP contribution >= 0.6 is 12.2 Å². The van der Waals surface area contributed by atoms with Crippen LogP contribution in [0, 0.1) is 5.92 Å². The molecule has 0 aliphatic carbocycles. The summed E-state index contributed by atoms with van der Waals surface area (Å²) >= 11 is 4.55. The van der Waals surface area contributed by atoms with E-state index in [1.54, 1.807) is 6.21 Å². The predicted octanol–water partition coefficient (Wildman–Crippen LogP) is -0.158. The van der Waals surface area contributed by atoms with Crippen molar-refractivity contribution in [2.75, 3.05) is 13.2 Å². The van der Waals surface area contributed by atoms with Gasteiger partial charge < -0.3 is 10.5 Å². The van der Waals surface area contributed by atoms with Gasteiger partial charge >= 0.3 is 0 Å². The molecular weight excluding hydrogens is 162 g/mol. The number of hydrogen-bond donors (Lipinski definition) is 2. The highest BCUT2D eigenvalue weighted by Gasteiger charge is 2.16. The van der Waals surface area contributed by atoms with E-state index in [9.17, 15) is 0 Å². The number of rotatable bonds is 3. The molecule has 0 amide bonds. The first-order valence-electron chi connectivity index (χ1n) is 3.43. The first-order chi connectivity index (χ1) is 5.29. The van der Waals surface area contributed by atoms with E-state index in [-0.39, 0.29) is 5.11 Å². The minimum absolute atomic E-state index is 0.200. The number of nitrogens with one attached hydrogen (secondary N) is 1. The third-order valence-corrected chi connectivity index (χ3v) is 1.50. The molecule has 62 valence electrons. The molecular formula is C6H11N3OS. The van der Waals surface area contributed by atoms with Crippen molar-refractivity contribution < 1.29 is 4.74 Å². The normalized spacial score (nSPS) is 18.2. The molecule has 0 bridgehead atoms. The maximum Gasteiger partial charge on any atom is 0.184 e. The highest BCUT2D eigenvalue weighted by Crippen LogP contribution is 2.11. The van der Waals surface area contributed by atoms with Crippen molar-refractivity contribution in [3.63, 3.8) is 0 Å². The predicted molar refractivity (Wildman–Crippen MR) is 47.3 cm³/mol. The van der Waals surface area contributed by atoms with Crippen LogP contribution < -0.4 is 11.2 Å². The second-order valence-corrected chi connectivity index (χ2v) is 2.87. The molecule has 0 aromatic heterocycles. The number of thiocarbonyl (C=S) groups is 1. The maximum absolute atomic E-state index is 5.14. The highest BCUT2D eigenvalue weighted by molar-refractivity contribution is 7.80. The number of nitrogens with zero attached hydrogens (tertiary/aromatic N) is 1. The van der Waals surface area contributed by atoms with Crippen LogP contribution in [0.25, 0.3) is 0 Å². The van der Waals surface area contributed by atoms with Crippen LogP contribution in [-0.4, -0.2) is 24.5 Å². The van der Waals surface area contributed by atoms with Crippen LogP contribution in [0.2, 0.25) is 0 Å². The lowest BCUT2D eigenvalue weighted by Gasteiger charge is -2.23. The Morgan fingerprint density at radius 1 is 1.82 bits per heavy atom. The molecule has 0 spiro atoms. The van der Waals surface area contributed by atoms with Crippen LogP contribution in [0.3, 0.4) is 0 Å². The molecule has 0 radical (unpaired) electrons. The molecule has 0 atom stereocenters. The van der Waals surface area contributed by atoms with Crippen molar-refractivity contribution in [1.29, 1.82) is 0 Å². The van der Waals surface area contributed by atoms with Crippen molar-refractivity contribution in [3.8, 4) is 0 Å². The number of ether oxygens (including phenoxy) is 1. The van der Waals surface area contributed by atoms with Gasteiger partial charge in [0.15, 0.2) is 5.11 Å². The Kier molecular flexibility index (Phi) is 3.25. The van der Waals surface area contributed by atoms with Crippen molar-refractivity contribution >= 4 is 23.5 Å². The second kappa shape index (κ2) is 4.25. The minimum atomic E-state index is 0.200. The Hall–Kier alpha value is -0.680. The van der Waals surface area contributed by atoms with Gasteiger partial charge in [0.25, 0.3) is 0 Å². The monoisotopic (exact) mass is 173 g/mol. The Bertz CT molecular complexity index is 167. The molecule has 1 saturated heterocycles. The summed E-state index contributed by atoms with van der Waals surface area (Å²) in [5, 5.41) is 4.00. The van der Waals surface area contributed by atoms with Crippen molar-refractivity contribution in [2.24, 2.45) is 16.8 Å². The van der Waals surface area contributed by atoms with E-state index in [0.717, 1.165) is 19.6 Å². The van der Waals surface area contributed by atoms with E-state index in [4.69, 9.17) is 10.5 Å². The molecule has 0 aromatic carbocycles. The molecule has 3 N–H and O–H groups in total. The second-order valence-electron chi connectivity index (χ2n) is 2.43. The quantitative estimate of drug-likeness (QED) is 0.354. The number of nitrogens with two attached hydrogens (primary N) is 1. The van der Waals surface area contributed by atoms with Gasteiger partial charge in [0.2, 0.25) is 0 Å². The number of hydrogen-bond acceptors (Lipinski definition) is 3. The molecule has 1 heterocycles. The van der Waals surface area contributed by atoms with Crippen molar-refractivity contribution in [3.05, 3.63) is 0 Å². The summed E-state index contributed by atoms with van der Waals surface area (Å²) in [5.41, 5.74) is 7.62. The molecule has 5 heteroatoms. The van der Waals surface area contributed by atoms with Gasteiger partial charge in [-0.15, -0.1) is 0 Å². The van der Waals surface area contributed by atoms with Crippen LogP contribution in [0.1, 0.15) is 6.42 Å². The summed E-state index contributed by atoms with van der Waals surface area (Å²) in [6, 6.07) is 0. The van der Waals surface area contributed by atoms with E-state index in [2.05, 4.69) is 22.7 Å². The molecule has 4 nitrogen and oxygen atoms in total. The molecule has 0 saturated carbocycles. The zero-order chi connectivity index (χ0) is 8.10. The van der Waals surface area contributed by atoms with Crippen molar-refractivity contribution in [1.82, 2.24) is 5.43 Å². The topological polar surface area (TPSA) is 59.6 Å². The first-order valence-corrected chi connectivity index (χ1v) is 3.84. The molecule has 1 aliphatic heterocycles. The lowest BCUT2D eigenvalue weighted by atomic mass is 10.1. The number of hydrazone groups is 1. The fourth-order valence-electron chi connectivity index (χ4n) is 0.732. The molecule has 1 rings (SSSR count). The summed E-state index contributed by atoms with van der Waals surface area (Å²) in [7, 11) is 0. The molecule has 1 fully saturated rings. The van der Waals surface area contributed by atoms with Crippen molar-refractivity contribution in [2.45, 2.75) is 6.42 Å². The van der Waals surface area contributed by atoms with Gasteiger partial charge in [-0.2, -0.15) is 5.10 Å². The first kappa shape index (κ1) is 8.42. The Labute approximate surface area is 70.8 Å². The minimum Gasteiger partial charge on any atom is -0.381 e. The van der Waals surface area contributed by atoms with E-state index >= 15 is 0 Å². The highest BCUT2D eigenvalue weighted by atomic mass is 32.1. The summed E-state index contributed by atoms with van der Waals surface area (Å²) in [4.78, 5) is 0. The Morgan fingerprint density at radius 2 is 2.55 bits per heavy atom. The SMILES string of the molecule is NC(=S)NN=CCC1COC1. The van der Waals surface area contributed by atoms with E-state index < -0.39 is 0 Å². The molecule has 11 heavy (non-hydrogen) atoms. The molecule has 0 unspecified atom stereocenters. The smallest absolute Gasteiger partial charge is 0.184 e. The summed E-state index contributed by atoms with van der Waals surface area (Å²) in [5.74, 6) is 0.631. The van der Waals surface area contributed by atoms with Gasteiger partial charge in [0.1, 0.15) is 0 Å². The van der Waals surface area contributed by atoms with E-state index in [1.165, 1.54) is 0 Å². The zero-order valence-corrected chi connectivity index (χ0v) is 6.93. The molecule has 1 aliphatic rings. The fourth-order valence-corrected chi connectivity index (χ4v) is 0.784. The fraction of sp³-hybridized carbons (Fsp3) is 0.667. The lowest BCUT2D eigenvalue weighted by Crippen LogP contribution is -2.28. The van der Waals surface area contributed by atoms with Crippen LogP contribution in [-0.2, 0) is 4.74 Å². The largest absolute Gasteiger partial charge is 0.381 e. The van der Waals surface area contributed by atoms with Gasteiger partial charge in [-0.05, 0) is 18.6 Å². The molecule has 0 aromatic rings. The van der Waals surface area contributed by atoms with Gasteiger partial charge in [-0.3, -0.25) is 5.43 Å². The van der Waals surface area contributed by atoms with Gasteiger partial charge in [-0.25, -0.2) is 0 Å². The van der Waals surface area contributed by atoms with Gasteiger partial charge in [0.05, 0.1) is 13.2 Å². The van der Waals surface area contributed by atoms with Crippen LogP contribution in [0.5, 0.6) is 0 Å². The Balaban J connectivity index is 2.00. The van der Waals surface area contributed by atoms with E-state index in [1.807, 2.05) is 0 Å². The summed E-state index contributed by atoms with van der Waals surface area (Å²) in [6.07, 6.45) is 2.70. The van der Waals surface area contributed by atoms with Crippen LogP contribution in [0.15, 0.2) is 5.10 Å². The lowest BCUT2D eigenvalue weighted by molar-refractivity contribution is -0.0274. The van der Waals surface area contributed by atoms with Crippen LogP contribution in [0.4, 0.5) is 0 Å². The third kappa shape index (κ3) is 3.29. The zero-order valence-electron chi connectivity index (χ0n) is 6.12. The maximum atomic E-state index is 5.14. The van der Waals surface area contributed by atoms with E-state index in [0.29, 0.717) is 5.92 Å². The standard InChI is InChI=1S/C6H11N3OS/c7-6(11)9-8-2-1-5-3-10-4-5/h2,5H,1,3-4H2,(H3,7,9,11). The third-order valence-electron chi connectivity index (χ3n) is 1.41. The Morgan fingerprint density at radius 3 is 3.00 bits per heavy atom. The van der Waals surface area contributed by atoms with Gasteiger partial charge in [0, 0.05) is 12.1 Å². The summed E-state index contributed by atoms with van der Waals surface area (Å²) < 4.78 is 4.98. The summed E-state index contributed by atoms with van der Waals surface area (Å²) in [6.45, 7) is 1.69. The average molecular weight is 173 g/mol. The van der Waals surface area contributed by atoms with Gasteiger partial charge in [-0.1, -0.05) is 0 Å².